The molecule has 1 aliphatic rings. The quantitative estimate of drug-likeness (QED) is 0.663. The third kappa shape index (κ3) is 4.49. The average molecular weight is 229 g/mol. The van der Waals surface area contributed by atoms with Gasteiger partial charge in [0.1, 0.15) is 0 Å². The molecule has 4 nitrogen and oxygen atoms in total. The van der Waals surface area contributed by atoms with Gasteiger partial charge in [0, 0.05) is 26.3 Å². The summed E-state index contributed by atoms with van der Waals surface area (Å²) in [6.07, 6.45) is 3.33. The predicted molar refractivity (Wildman–Crippen MR) is 62.1 cm³/mol. The molecule has 16 heavy (non-hydrogen) atoms. The molecule has 0 spiro atoms. The SMILES string of the molecule is CCCOCCC(=O)N1CCC(CCO)C1. The topological polar surface area (TPSA) is 49.8 Å². The van der Waals surface area contributed by atoms with Crippen molar-refractivity contribution in [3.05, 3.63) is 0 Å². The standard InChI is InChI=1S/C12H23NO3/c1-2-8-16-9-5-12(15)13-6-3-11(10-13)4-7-14/h11,14H,2-10H2,1H3. The lowest BCUT2D eigenvalue weighted by Gasteiger charge is -2.16. The Morgan fingerprint density at radius 2 is 2.31 bits per heavy atom. The summed E-state index contributed by atoms with van der Waals surface area (Å²) in [5.41, 5.74) is 0. The number of rotatable bonds is 7. The molecule has 1 aliphatic heterocycles. The molecule has 0 bridgehead atoms. The molecular weight excluding hydrogens is 206 g/mol. The molecule has 1 N–H and O–H groups in total. The molecular formula is C12H23NO3. The molecule has 1 rings (SSSR count). The second-order valence-electron chi connectivity index (χ2n) is 4.37. The number of hydrogen-bond donors (Lipinski definition) is 1. The van der Waals surface area contributed by atoms with Crippen LogP contribution in [0.2, 0.25) is 0 Å². The number of carbonyl (C=O) groups is 1. The molecule has 1 unspecified atom stereocenters. The van der Waals surface area contributed by atoms with Crippen LogP contribution in [0.15, 0.2) is 0 Å². The summed E-state index contributed by atoms with van der Waals surface area (Å²) in [5, 5.41) is 8.83. The number of amides is 1. The van der Waals surface area contributed by atoms with E-state index in [-0.39, 0.29) is 12.5 Å². The molecule has 0 aromatic carbocycles. The maximum Gasteiger partial charge on any atom is 0.224 e. The first-order valence-electron chi connectivity index (χ1n) is 6.24. The van der Waals surface area contributed by atoms with E-state index in [1.54, 1.807) is 0 Å². The van der Waals surface area contributed by atoms with Gasteiger partial charge in [0.2, 0.25) is 5.91 Å². The van der Waals surface area contributed by atoms with Gasteiger partial charge < -0.3 is 14.7 Å². The monoisotopic (exact) mass is 229 g/mol. The summed E-state index contributed by atoms with van der Waals surface area (Å²) in [4.78, 5) is 13.6. The van der Waals surface area contributed by atoms with Gasteiger partial charge in [0.05, 0.1) is 13.0 Å². The molecule has 1 saturated heterocycles. The fraction of sp³-hybridized carbons (Fsp3) is 0.917. The molecule has 1 amide bonds. The second-order valence-corrected chi connectivity index (χ2v) is 4.37. The lowest BCUT2D eigenvalue weighted by atomic mass is 10.1. The maximum atomic E-state index is 11.7. The Kier molecular flexibility index (Phi) is 6.42. The van der Waals surface area contributed by atoms with Gasteiger partial charge >= 0.3 is 0 Å². The van der Waals surface area contributed by atoms with Gasteiger partial charge in [-0.15, -0.1) is 0 Å². The summed E-state index contributed by atoms with van der Waals surface area (Å²) in [6.45, 7) is 5.22. The lowest BCUT2D eigenvalue weighted by Crippen LogP contribution is -2.29. The van der Waals surface area contributed by atoms with Crippen molar-refractivity contribution in [2.45, 2.75) is 32.6 Å². The first kappa shape index (κ1) is 13.5. The zero-order valence-electron chi connectivity index (χ0n) is 10.2. The van der Waals surface area contributed by atoms with Gasteiger partial charge in [-0.3, -0.25) is 4.79 Å². The summed E-state index contributed by atoms with van der Waals surface area (Å²) in [5.74, 6) is 0.682. The second kappa shape index (κ2) is 7.63. The van der Waals surface area contributed by atoms with Gasteiger partial charge in [-0.2, -0.15) is 0 Å². The van der Waals surface area contributed by atoms with Crippen LogP contribution in [0.1, 0.15) is 32.6 Å². The normalized spacial score (nSPS) is 20.4. The van der Waals surface area contributed by atoms with E-state index in [0.717, 1.165) is 39.0 Å². The molecule has 4 heteroatoms. The molecule has 1 heterocycles. The fourth-order valence-electron chi connectivity index (χ4n) is 2.04. The van der Waals surface area contributed by atoms with Gasteiger partial charge in [-0.25, -0.2) is 0 Å². The highest BCUT2D eigenvalue weighted by atomic mass is 16.5. The van der Waals surface area contributed by atoms with Crippen LogP contribution in [-0.4, -0.2) is 48.8 Å². The number of aliphatic hydroxyl groups excluding tert-OH is 1. The Morgan fingerprint density at radius 3 is 3.00 bits per heavy atom. The van der Waals surface area contributed by atoms with Crippen LogP contribution in [0.4, 0.5) is 0 Å². The number of likely N-dealkylation sites (tertiary alicyclic amines) is 1. The minimum atomic E-state index is 0.191. The number of carbonyl (C=O) groups excluding carboxylic acids is 1. The molecule has 0 radical (unpaired) electrons. The molecule has 1 atom stereocenters. The van der Waals surface area contributed by atoms with Crippen molar-refractivity contribution in [2.24, 2.45) is 5.92 Å². The third-order valence-electron chi connectivity index (χ3n) is 2.98. The smallest absolute Gasteiger partial charge is 0.224 e. The largest absolute Gasteiger partial charge is 0.396 e. The molecule has 0 aliphatic carbocycles. The minimum Gasteiger partial charge on any atom is -0.396 e. The molecule has 0 aromatic rings. The van der Waals surface area contributed by atoms with E-state index in [0.29, 0.717) is 18.9 Å². The van der Waals surface area contributed by atoms with E-state index in [4.69, 9.17) is 9.84 Å². The number of ether oxygens (including phenoxy) is 1. The van der Waals surface area contributed by atoms with Crippen LogP contribution in [0.25, 0.3) is 0 Å². The van der Waals surface area contributed by atoms with E-state index < -0.39 is 0 Å². The highest BCUT2D eigenvalue weighted by molar-refractivity contribution is 5.76. The fourth-order valence-corrected chi connectivity index (χ4v) is 2.04. The summed E-state index contributed by atoms with van der Waals surface area (Å²) < 4.78 is 5.30. The van der Waals surface area contributed by atoms with Gasteiger partial charge in [0.25, 0.3) is 0 Å². The lowest BCUT2D eigenvalue weighted by molar-refractivity contribution is -0.131. The average Bonchev–Trinajstić information content (AvgIpc) is 2.73. The van der Waals surface area contributed by atoms with Crippen molar-refractivity contribution in [3.8, 4) is 0 Å². The first-order chi connectivity index (χ1) is 7.77. The van der Waals surface area contributed by atoms with E-state index in [1.165, 1.54) is 0 Å². The predicted octanol–water partition coefficient (Wildman–Crippen LogP) is 1.03. The molecule has 0 saturated carbocycles. The summed E-state index contributed by atoms with van der Waals surface area (Å²) >= 11 is 0. The summed E-state index contributed by atoms with van der Waals surface area (Å²) in [7, 11) is 0. The minimum absolute atomic E-state index is 0.191. The van der Waals surface area contributed by atoms with Crippen molar-refractivity contribution < 1.29 is 14.6 Å². The Hall–Kier alpha value is -0.610. The highest BCUT2D eigenvalue weighted by Gasteiger charge is 2.25. The van der Waals surface area contributed by atoms with E-state index in [9.17, 15) is 4.79 Å². The Labute approximate surface area is 97.6 Å². The Balaban J connectivity index is 2.13. The van der Waals surface area contributed by atoms with Gasteiger partial charge in [0.15, 0.2) is 0 Å². The zero-order valence-corrected chi connectivity index (χ0v) is 10.2. The zero-order chi connectivity index (χ0) is 11.8. The number of aliphatic hydroxyl groups is 1. The van der Waals surface area contributed by atoms with Crippen LogP contribution in [0, 0.1) is 5.92 Å². The van der Waals surface area contributed by atoms with Crippen molar-refractivity contribution in [1.29, 1.82) is 0 Å². The summed E-state index contributed by atoms with van der Waals surface area (Å²) in [6, 6.07) is 0. The van der Waals surface area contributed by atoms with Crippen LogP contribution in [0.5, 0.6) is 0 Å². The highest BCUT2D eigenvalue weighted by Crippen LogP contribution is 2.19. The third-order valence-corrected chi connectivity index (χ3v) is 2.98. The van der Waals surface area contributed by atoms with Crippen molar-refractivity contribution in [3.63, 3.8) is 0 Å². The van der Waals surface area contributed by atoms with Crippen LogP contribution >= 0.6 is 0 Å². The van der Waals surface area contributed by atoms with E-state index in [2.05, 4.69) is 6.92 Å². The van der Waals surface area contributed by atoms with E-state index in [1.807, 2.05) is 4.90 Å². The van der Waals surface area contributed by atoms with E-state index >= 15 is 0 Å². The Bertz CT molecular complexity index is 208. The molecule has 1 fully saturated rings. The molecule has 94 valence electrons. The van der Waals surface area contributed by atoms with Crippen molar-refractivity contribution >= 4 is 5.91 Å². The van der Waals surface area contributed by atoms with Crippen molar-refractivity contribution in [2.75, 3.05) is 32.9 Å². The molecule has 0 aromatic heterocycles. The Morgan fingerprint density at radius 1 is 1.50 bits per heavy atom. The van der Waals surface area contributed by atoms with Gasteiger partial charge in [-0.1, -0.05) is 6.92 Å². The maximum absolute atomic E-state index is 11.7. The van der Waals surface area contributed by atoms with Crippen molar-refractivity contribution in [1.82, 2.24) is 4.90 Å². The van der Waals surface area contributed by atoms with Crippen LogP contribution in [0.3, 0.4) is 0 Å². The first-order valence-corrected chi connectivity index (χ1v) is 6.24. The van der Waals surface area contributed by atoms with Crippen LogP contribution in [-0.2, 0) is 9.53 Å². The van der Waals surface area contributed by atoms with Crippen LogP contribution < -0.4 is 0 Å². The number of hydrogen-bond acceptors (Lipinski definition) is 3. The van der Waals surface area contributed by atoms with Gasteiger partial charge in [-0.05, 0) is 25.2 Å². The number of nitrogens with zero attached hydrogens (tertiary/aromatic N) is 1.